The third kappa shape index (κ3) is 2.31. The third-order valence-corrected chi connectivity index (χ3v) is 3.87. The number of halogens is 2. The molecule has 0 bridgehead atoms. The first-order chi connectivity index (χ1) is 9.69. The molecule has 2 aromatic rings. The number of aromatic nitrogens is 3. The summed E-state index contributed by atoms with van der Waals surface area (Å²) in [5.74, 6) is 0.804. The lowest BCUT2D eigenvalue weighted by atomic mass is 9.98. The van der Waals surface area contributed by atoms with Gasteiger partial charge in [-0.2, -0.15) is 0 Å². The highest BCUT2D eigenvalue weighted by atomic mass is 19.1. The van der Waals surface area contributed by atoms with E-state index in [1.54, 1.807) is 0 Å². The fourth-order valence-electron chi connectivity index (χ4n) is 2.64. The highest BCUT2D eigenvalue weighted by molar-refractivity contribution is 5.23. The monoisotopic (exact) mass is 278 g/mol. The fourth-order valence-corrected chi connectivity index (χ4v) is 2.64. The quantitative estimate of drug-likeness (QED) is 0.929. The maximum absolute atomic E-state index is 13.7. The van der Waals surface area contributed by atoms with Gasteiger partial charge in [-0.25, -0.2) is 8.78 Å². The number of rotatable bonds is 3. The van der Waals surface area contributed by atoms with Crippen LogP contribution < -0.4 is 5.73 Å². The van der Waals surface area contributed by atoms with Crippen LogP contribution in [0.2, 0.25) is 0 Å². The predicted octanol–water partition coefficient (Wildman–Crippen LogP) is 1.67. The molecular formula is C14H16F2N4. The Morgan fingerprint density at radius 3 is 2.70 bits per heavy atom. The average Bonchev–Trinajstić information content (AvgIpc) is 2.85. The van der Waals surface area contributed by atoms with E-state index >= 15 is 0 Å². The van der Waals surface area contributed by atoms with Crippen LogP contribution in [0.15, 0.2) is 18.2 Å². The maximum atomic E-state index is 13.7. The lowest BCUT2D eigenvalue weighted by molar-refractivity contribution is 0.384. The zero-order valence-electron chi connectivity index (χ0n) is 11.0. The summed E-state index contributed by atoms with van der Waals surface area (Å²) in [7, 11) is 0. The normalized spacial score (nSPS) is 18.1. The number of hydrogen-bond donors (Lipinski definition) is 1. The first-order valence-corrected chi connectivity index (χ1v) is 6.73. The second kappa shape index (κ2) is 5.28. The molecule has 3 rings (SSSR count). The van der Waals surface area contributed by atoms with E-state index in [0.717, 1.165) is 25.2 Å². The molecule has 1 aliphatic rings. The van der Waals surface area contributed by atoms with Gasteiger partial charge in [0, 0.05) is 24.9 Å². The summed E-state index contributed by atoms with van der Waals surface area (Å²) in [6.45, 7) is 1.39. The first kappa shape index (κ1) is 13.2. The molecule has 1 unspecified atom stereocenters. The number of nitrogens with two attached hydrogens (primary N) is 1. The molecule has 0 saturated heterocycles. The van der Waals surface area contributed by atoms with Crippen LogP contribution in [-0.4, -0.2) is 21.3 Å². The highest BCUT2D eigenvalue weighted by Crippen LogP contribution is 2.22. The molecule has 0 saturated carbocycles. The van der Waals surface area contributed by atoms with Gasteiger partial charge in [0.1, 0.15) is 23.3 Å². The van der Waals surface area contributed by atoms with E-state index in [1.807, 2.05) is 4.57 Å². The molecule has 6 heteroatoms. The lowest BCUT2D eigenvalue weighted by Gasteiger charge is -2.22. The van der Waals surface area contributed by atoms with Gasteiger partial charge in [0.15, 0.2) is 0 Å². The highest BCUT2D eigenvalue weighted by Gasteiger charge is 2.23. The van der Waals surface area contributed by atoms with Gasteiger partial charge in [-0.3, -0.25) is 0 Å². The van der Waals surface area contributed by atoms with Crippen LogP contribution in [0, 0.1) is 17.6 Å². The van der Waals surface area contributed by atoms with E-state index in [1.165, 1.54) is 18.2 Å². The predicted molar refractivity (Wildman–Crippen MR) is 70.1 cm³/mol. The van der Waals surface area contributed by atoms with Crippen LogP contribution in [0.4, 0.5) is 8.78 Å². The minimum atomic E-state index is -0.544. The molecule has 0 aliphatic carbocycles. The van der Waals surface area contributed by atoms with Crippen molar-refractivity contribution in [3.63, 3.8) is 0 Å². The van der Waals surface area contributed by atoms with Gasteiger partial charge in [-0.1, -0.05) is 6.07 Å². The maximum Gasteiger partial charge on any atom is 0.137 e. The van der Waals surface area contributed by atoms with E-state index in [2.05, 4.69) is 10.2 Å². The summed E-state index contributed by atoms with van der Waals surface area (Å²) >= 11 is 0. The van der Waals surface area contributed by atoms with Crippen LogP contribution in [0.25, 0.3) is 0 Å². The summed E-state index contributed by atoms with van der Waals surface area (Å²) in [6.07, 6.45) is 1.86. The second-order valence-corrected chi connectivity index (χ2v) is 5.16. The number of fused-ring (bicyclic) bond motifs is 1. The van der Waals surface area contributed by atoms with Crippen LogP contribution in [0.5, 0.6) is 0 Å². The first-order valence-electron chi connectivity index (χ1n) is 6.73. The Morgan fingerprint density at radius 1 is 1.25 bits per heavy atom. The Labute approximate surface area is 115 Å². The molecule has 2 heterocycles. The third-order valence-electron chi connectivity index (χ3n) is 3.87. The van der Waals surface area contributed by atoms with Gasteiger partial charge in [0.25, 0.3) is 0 Å². The van der Waals surface area contributed by atoms with Crippen LogP contribution >= 0.6 is 0 Å². The summed E-state index contributed by atoms with van der Waals surface area (Å²) in [5, 5.41) is 8.21. The molecule has 0 amide bonds. The zero-order chi connectivity index (χ0) is 14.1. The Balaban J connectivity index is 1.88. The van der Waals surface area contributed by atoms with Crippen molar-refractivity contribution in [2.24, 2.45) is 11.7 Å². The van der Waals surface area contributed by atoms with Crippen molar-refractivity contribution in [2.75, 3.05) is 6.54 Å². The molecular weight excluding hydrogens is 262 g/mol. The van der Waals surface area contributed by atoms with Crippen molar-refractivity contribution >= 4 is 0 Å². The SMILES string of the molecule is NCC1CCn2c(Cc3c(F)cccc3F)nnc2C1. The van der Waals surface area contributed by atoms with Crippen molar-refractivity contribution in [2.45, 2.75) is 25.8 Å². The molecule has 4 nitrogen and oxygen atoms in total. The van der Waals surface area contributed by atoms with E-state index in [9.17, 15) is 8.78 Å². The Hall–Kier alpha value is -1.82. The van der Waals surface area contributed by atoms with Crippen molar-refractivity contribution in [1.29, 1.82) is 0 Å². The molecule has 1 atom stereocenters. The van der Waals surface area contributed by atoms with E-state index in [0.29, 0.717) is 18.3 Å². The number of benzene rings is 1. The van der Waals surface area contributed by atoms with Gasteiger partial charge in [0.05, 0.1) is 0 Å². The Morgan fingerprint density at radius 2 is 2.00 bits per heavy atom. The topological polar surface area (TPSA) is 56.7 Å². The van der Waals surface area contributed by atoms with Gasteiger partial charge >= 0.3 is 0 Å². The largest absolute Gasteiger partial charge is 0.330 e. The summed E-state index contributed by atoms with van der Waals surface area (Å²) in [4.78, 5) is 0. The van der Waals surface area contributed by atoms with Gasteiger partial charge < -0.3 is 10.3 Å². The molecule has 20 heavy (non-hydrogen) atoms. The van der Waals surface area contributed by atoms with Crippen molar-refractivity contribution in [1.82, 2.24) is 14.8 Å². The molecule has 106 valence electrons. The average molecular weight is 278 g/mol. The molecule has 0 fully saturated rings. The molecule has 0 spiro atoms. The van der Waals surface area contributed by atoms with E-state index in [-0.39, 0.29) is 12.0 Å². The minimum absolute atomic E-state index is 0.0450. The van der Waals surface area contributed by atoms with Crippen LogP contribution in [0.1, 0.15) is 23.6 Å². The van der Waals surface area contributed by atoms with Crippen molar-refractivity contribution < 1.29 is 8.78 Å². The lowest BCUT2D eigenvalue weighted by Crippen LogP contribution is -2.26. The summed E-state index contributed by atoms with van der Waals surface area (Å²) in [5.41, 5.74) is 5.72. The van der Waals surface area contributed by atoms with E-state index < -0.39 is 11.6 Å². The van der Waals surface area contributed by atoms with Gasteiger partial charge in [-0.15, -0.1) is 10.2 Å². The molecule has 0 radical (unpaired) electrons. The van der Waals surface area contributed by atoms with E-state index in [4.69, 9.17) is 5.73 Å². The number of hydrogen-bond acceptors (Lipinski definition) is 3. The van der Waals surface area contributed by atoms with Gasteiger partial charge in [-0.05, 0) is 31.0 Å². The minimum Gasteiger partial charge on any atom is -0.330 e. The smallest absolute Gasteiger partial charge is 0.137 e. The van der Waals surface area contributed by atoms with Crippen molar-refractivity contribution in [3.8, 4) is 0 Å². The van der Waals surface area contributed by atoms with Crippen LogP contribution in [-0.2, 0) is 19.4 Å². The number of nitrogens with zero attached hydrogens (tertiary/aromatic N) is 3. The zero-order valence-corrected chi connectivity index (χ0v) is 11.0. The molecule has 1 aromatic heterocycles. The van der Waals surface area contributed by atoms with Crippen LogP contribution in [0.3, 0.4) is 0 Å². The standard InChI is InChI=1S/C14H16F2N4/c15-11-2-1-3-12(16)10(11)7-14-19-18-13-6-9(8-17)4-5-20(13)14/h1-3,9H,4-8,17H2. The molecule has 1 aliphatic heterocycles. The molecule has 2 N–H and O–H groups in total. The fraction of sp³-hybridized carbons (Fsp3) is 0.429. The summed E-state index contributed by atoms with van der Waals surface area (Å²) in [6, 6.07) is 3.88. The Bertz CT molecular complexity index is 603. The Kier molecular flexibility index (Phi) is 3.48. The molecule has 1 aromatic carbocycles. The second-order valence-electron chi connectivity index (χ2n) is 5.16. The summed E-state index contributed by atoms with van der Waals surface area (Å²) < 4.78 is 29.3. The van der Waals surface area contributed by atoms with Crippen molar-refractivity contribution in [3.05, 3.63) is 47.0 Å². The van der Waals surface area contributed by atoms with Gasteiger partial charge in [0.2, 0.25) is 0 Å².